The number of hydrogen-bond acceptors (Lipinski definition) is 4. The smallest absolute Gasteiger partial charge is 0.227 e. The van der Waals surface area contributed by atoms with Crippen molar-refractivity contribution in [2.45, 2.75) is 12.8 Å². The van der Waals surface area contributed by atoms with Crippen LogP contribution in [-0.2, 0) is 14.8 Å². The minimum Gasteiger partial charge on any atom is -0.323 e. The average Bonchev–Trinajstić information content (AvgIpc) is 2.81. The molecule has 2 N–H and O–H groups in total. The van der Waals surface area contributed by atoms with Crippen LogP contribution in [0.15, 0.2) is 12.4 Å². The lowest BCUT2D eigenvalue weighted by Gasteiger charge is -2.29. The van der Waals surface area contributed by atoms with Crippen molar-refractivity contribution < 1.29 is 13.2 Å². The van der Waals surface area contributed by atoms with Gasteiger partial charge in [-0.05, 0) is 12.8 Å². The van der Waals surface area contributed by atoms with E-state index in [4.69, 9.17) is 0 Å². The molecule has 0 atom stereocenters. The number of H-pyrrole nitrogens is 1. The lowest BCUT2D eigenvalue weighted by atomic mass is 9.97. The molecule has 1 aromatic heterocycles. The highest BCUT2D eigenvalue weighted by Gasteiger charge is 2.28. The molecule has 0 spiro atoms. The molecule has 1 saturated heterocycles. The van der Waals surface area contributed by atoms with Crippen LogP contribution in [0, 0.1) is 5.92 Å². The molecular weight excluding hydrogens is 256 g/mol. The largest absolute Gasteiger partial charge is 0.323 e. The van der Waals surface area contributed by atoms with Crippen molar-refractivity contribution in [2.24, 2.45) is 5.92 Å². The molecule has 7 nitrogen and oxygen atoms in total. The van der Waals surface area contributed by atoms with E-state index in [-0.39, 0.29) is 11.8 Å². The van der Waals surface area contributed by atoms with Crippen LogP contribution < -0.4 is 5.32 Å². The summed E-state index contributed by atoms with van der Waals surface area (Å²) in [6.07, 6.45) is 5.43. The Balaban J connectivity index is 1.88. The summed E-state index contributed by atoms with van der Waals surface area (Å²) < 4.78 is 24.1. The predicted octanol–water partition coefficient (Wildman–Crippen LogP) is 0.0198. The van der Waals surface area contributed by atoms with Gasteiger partial charge in [-0.3, -0.25) is 9.89 Å². The third-order valence-corrected chi connectivity index (χ3v) is 4.36. The molecule has 0 radical (unpaired) electrons. The number of aromatic amines is 1. The van der Waals surface area contributed by atoms with Crippen molar-refractivity contribution >= 4 is 21.6 Å². The van der Waals surface area contributed by atoms with Gasteiger partial charge in [-0.15, -0.1) is 0 Å². The highest BCUT2D eigenvalue weighted by atomic mass is 32.2. The van der Waals surface area contributed by atoms with Crippen molar-refractivity contribution in [2.75, 3.05) is 24.7 Å². The molecule has 0 unspecified atom stereocenters. The second-order valence-electron chi connectivity index (χ2n) is 4.41. The zero-order valence-electron chi connectivity index (χ0n) is 10.1. The lowest BCUT2D eigenvalue weighted by Crippen LogP contribution is -2.40. The summed E-state index contributed by atoms with van der Waals surface area (Å²) in [5.74, 6) is -0.220. The summed E-state index contributed by atoms with van der Waals surface area (Å²) in [5.41, 5.74) is 0.630. The number of amides is 1. The van der Waals surface area contributed by atoms with Crippen LogP contribution >= 0.6 is 0 Å². The number of carbonyl (C=O) groups excluding carboxylic acids is 1. The molecule has 0 aliphatic carbocycles. The third-order valence-electron chi connectivity index (χ3n) is 3.06. The Hall–Kier alpha value is -1.41. The molecule has 18 heavy (non-hydrogen) atoms. The molecule has 0 aromatic carbocycles. The summed E-state index contributed by atoms with van der Waals surface area (Å²) in [6.45, 7) is 0.810. The van der Waals surface area contributed by atoms with Crippen molar-refractivity contribution in [3.63, 3.8) is 0 Å². The van der Waals surface area contributed by atoms with E-state index in [1.165, 1.54) is 16.8 Å². The zero-order chi connectivity index (χ0) is 13.2. The second-order valence-corrected chi connectivity index (χ2v) is 6.39. The maximum Gasteiger partial charge on any atom is 0.227 e. The summed E-state index contributed by atoms with van der Waals surface area (Å²) in [7, 11) is -3.14. The number of nitrogens with one attached hydrogen (secondary N) is 2. The zero-order valence-corrected chi connectivity index (χ0v) is 10.9. The van der Waals surface area contributed by atoms with E-state index < -0.39 is 10.0 Å². The molecular formula is C10H16N4O3S. The summed E-state index contributed by atoms with van der Waals surface area (Å²) in [6, 6.07) is 0. The van der Waals surface area contributed by atoms with Crippen LogP contribution in [0.5, 0.6) is 0 Å². The lowest BCUT2D eigenvalue weighted by molar-refractivity contribution is -0.120. The fraction of sp³-hybridized carbons (Fsp3) is 0.600. The normalized spacial score (nSPS) is 18.7. The van der Waals surface area contributed by atoms with Crippen LogP contribution in [0.1, 0.15) is 12.8 Å². The molecule has 0 bridgehead atoms. The number of rotatable bonds is 3. The van der Waals surface area contributed by atoms with Gasteiger partial charge >= 0.3 is 0 Å². The SMILES string of the molecule is CS(=O)(=O)N1CCC(C(=O)Nc2cn[nH]c2)CC1. The van der Waals surface area contributed by atoms with Gasteiger partial charge in [-0.2, -0.15) is 5.10 Å². The number of hydrogen-bond donors (Lipinski definition) is 2. The fourth-order valence-corrected chi connectivity index (χ4v) is 2.89. The number of sulfonamides is 1. The van der Waals surface area contributed by atoms with Crippen LogP contribution in [0.25, 0.3) is 0 Å². The quantitative estimate of drug-likeness (QED) is 0.811. The number of anilines is 1. The summed E-state index contributed by atoms with van der Waals surface area (Å²) >= 11 is 0. The van der Waals surface area contributed by atoms with Crippen LogP contribution in [0.3, 0.4) is 0 Å². The Morgan fingerprint density at radius 2 is 2.17 bits per heavy atom. The molecule has 1 aromatic rings. The fourth-order valence-electron chi connectivity index (χ4n) is 2.01. The monoisotopic (exact) mass is 272 g/mol. The van der Waals surface area contributed by atoms with E-state index in [1.54, 1.807) is 6.20 Å². The Labute approximate surface area is 106 Å². The van der Waals surface area contributed by atoms with Gasteiger partial charge in [0, 0.05) is 25.2 Å². The number of piperidine rings is 1. The van der Waals surface area contributed by atoms with E-state index in [0.29, 0.717) is 31.6 Å². The Morgan fingerprint density at radius 1 is 1.50 bits per heavy atom. The van der Waals surface area contributed by atoms with Crippen LogP contribution in [-0.4, -0.2) is 48.2 Å². The number of aromatic nitrogens is 2. The van der Waals surface area contributed by atoms with Gasteiger partial charge in [-0.25, -0.2) is 12.7 Å². The van der Waals surface area contributed by atoms with Gasteiger partial charge in [0.1, 0.15) is 0 Å². The van der Waals surface area contributed by atoms with Crippen molar-refractivity contribution in [3.8, 4) is 0 Å². The molecule has 1 fully saturated rings. The minimum atomic E-state index is -3.14. The van der Waals surface area contributed by atoms with E-state index in [9.17, 15) is 13.2 Å². The Bertz CT molecular complexity index is 503. The second kappa shape index (κ2) is 5.07. The maximum absolute atomic E-state index is 11.9. The molecule has 8 heteroatoms. The molecule has 2 rings (SSSR count). The minimum absolute atomic E-state index is 0.0791. The summed E-state index contributed by atoms with van der Waals surface area (Å²) in [5, 5.41) is 9.09. The van der Waals surface area contributed by atoms with Crippen molar-refractivity contribution in [1.29, 1.82) is 0 Å². The van der Waals surface area contributed by atoms with E-state index in [1.807, 2.05) is 0 Å². The molecule has 1 amide bonds. The predicted molar refractivity (Wildman–Crippen MR) is 66.4 cm³/mol. The Morgan fingerprint density at radius 3 is 2.67 bits per heavy atom. The standard InChI is InChI=1S/C10H16N4O3S/c1-18(16,17)14-4-2-8(3-5-14)10(15)13-9-6-11-12-7-9/h6-8H,2-5H2,1H3,(H,11,12)(H,13,15). The maximum atomic E-state index is 11.9. The molecule has 100 valence electrons. The first-order chi connectivity index (χ1) is 8.47. The van der Waals surface area contributed by atoms with E-state index >= 15 is 0 Å². The molecule has 2 heterocycles. The van der Waals surface area contributed by atoms with Crippen molar-refractivity contribution in [3.05, 3.63) is 12.4 Å². The van der Waals surface area contributed by atoms with E-state index in [0.717, 1.165) is 0 Å². The number of carbonyl (C=O) groups is 1. The van der Waals surface area contributed by atoms with Gasteiger partial charge in [0.2, 0.25) is 15.9 Å². The molecule has 0 saturated carbocycles. The van der Waals surface area contributed by atoms with Gasteiger partial charge in [-0.1, -0.05) is 0 Å². The van der Waals surface area contributed by atoms with Crippen molar-refractivity contribution in [1.82, 2.24) is 14.5 Å². The van der Waals surface area contributed by atoms with Gasteiger partial charge in [0.05, 0.1) is 18.1 Å². The van der Waals surface area contributed by atoms with Crippen LogP contribution in [0.4, 0.5) is 5.69 Å². The van der Waals surface area contributed by atoms with Gasteiger partial charge < -0.3 is 5.32 Å². The highest BCUT2D eigenvalue weighted by Crippen LogP contribution is 2.20. The highest BCUT2D eigenvalue weighted by molar-refractivity contribution is 7.88. The molecule has 1 aliphatic rings. The van der Waals surface area contributed by atoms with Gasteiger partial charge in [0.25, 0.3) is 0 Å². The molecule has 1 aliphatic heterocycles. The summed E-state index contributed by atoms with van der Waals surface area (Å²) in [4.78, 5) is 11.9. The van der Waals surface area contributed by atoms with Gasteiger partial charge in [0.15, 0.2) is 0 Å². The Kier molecular flexibility index (Phi) is 3.67. The first kappa shape index (κ1) is 13.0. The van der Waals surface area contributed by atoms with E-state index in [2.05, 4.69) is 15.5 Å². The third kappa shape index (κ3) is 3.08. The average molecular weight is 272 g/mol. The topological polar surface area (TPSA) is 95.2 Å². The number of nitrogens with zero attached hydrogens (tertiary/aromatic N) is 2. The van der Waals surface area contributed by atoms with Crippen LogP contribution in [0.2, 0.25) is 0 Å². The first-order valence-electron chi connectivity index (χ1n) is 5.71. The first-order valence-corrected chi connectivity index (χ1v) is 7.56.